The Bertz CT molecular complexity index is 732. The molecule has 0 aliphatic carbocycles. The standard InChI is InChI=1S/C17H21ClN4O/c1-12-4-5-13(2)16(10-12)22-17(18)15(14(3)20-22)11-19-21-6-8-23-9-7-21/h4-5,10-11H,6-9H2,1-3H3. The molecule has 5 nitrogen and oxygen atoms in total. The zero-order chi connectivity index (χ0) is 16.4. The van der Waals surface area contributed by atoms with Crippen molar-refractivity contribution in [2.45, 2.75) is 20.8 Å². The van der Waals surface area contributed by atoms with Gasteiger partial charge in [0.1, 0.15) is 5.15 Å². The Balaban J connectivity index is 1.93. The van der Waals surface area contributed by atoms with Gasteiger partial charge in [-0.15, -0.1) is 0 Å². The monoisotopic (exact) mass is 332 g/mol. The van der Waals surface area contributed by atoms with Crippen LogP contribution in [0.5, 0.6) is 0 Å². The predicted octanol–water partition coefficient (Wildman–Crippen LogP) is 3.12. The third kappa shape index (κ3) is 3.41. The average molecular weight is 333 g/mol. The number of morpholine rings is 1. The minimum atomic E-state index is 0.591. The fourth-order valence-electron chi connectivity index (χ4n) is 2.57. The molecule has 0 radical (unpaired) electrons. The lowest BCUT2D eigenvalue weighted by molar-refractivity contribution is 0.0397. The van der Waals surface area contributed by atoms with Crippen molar-refractivity contribution in [3.63, 3.8) is 0 Å². The minimum absolute atomic E-state index is 0.591. The molecule has 0 unspecified atom stereocenters. The number of rotatable bonds is 3. The van der Waals surface area contributed by atoms with Gasteiger partial charge in [-0.05, 0) is 38.0 Å². The molecular formula is C17H21ClN4O. The van der Waals surface area contributed by atoms with Gasteiger partial charge >= 0.3 is 0 Å². The summed E-state index contributed by atoms with van der Waals surface area (Å²) in [5.74, 6) is 0. The van der Waals surface area contributed by atoms with Gasteiger partial charge in [0, 0.05) is 0 Å². The third-order valence-electron chi connectivity index (χ3n) is 3.98. The molecule has 2 aromatic rings. The van der Waals surface area contributed by atoms with E-state index < -0.39 is 0 Å². The van der Waals surface area contributed by atoms with E-state index in [1.54, 1.807) is 10.9 Å². The summed E-state index contributed by atoms with van der Waals surface area (Å²) in [4.78, 5) is 0. The van der Waals surface area contributed by atoms with Crippen LogP contribution in [0.25, 0.3) is 5.69 Å². The number of halogens is 1. The normalized spacial score (nSPS) is 15.6. The van der Waals surface area contributed by atoms with E-state index in [2.05, 4.69) is 42.2 Å². The molecule has 0 amide bonds. The van der Waals surface area contributed by atoms with Crippen molar-refractivity contribution in [3.8, 4) is 5.69 Å². The van der Waals surface area contributed by atoms with Crippen LogP contribution in [0.15, 0.2) is 23.3 Å². The lowest BCUT2D eigenvalue weighted by atomic mass is 10.1. The topological polar surface area (TPSA) is 42.7 Å². The third-order valence-corrected chi connectivity index (χ3v) is 4.34. The number of hydrogen-bond donors (Lipinski definition) is 0. The summed E-state index contributed by atoms with van der Waals surface area (Å²) in [5, 5.41) is 11.7. The molecule has 1 saturated heterocycles. The first kappa shape index (κ1) is 16.0. The highest BCUT2D eigenvalue weighted by Crippen LogP contribution is 2.25. The number of benzene rings is 1. The van der Waals surface area contributed by atoms with Gasteiger partial charge < -0.3 is 4.74 Å². The van der Waals surface area contributed by atoms with Crippen LogP contribution in [0.3, 0.4) is 0 Å². The Morgan fingerprint density at radius 2 is 1.96 bits per heavy atom. The second kappa shape index (κ2) is 6.72. The Hall–Kier alpha value is -1.85. The molecule has 1 aromatic heterocycles. The van der Waals surface area contributed by atoms with Crippen molar-refractivity contribution in [1.29, 1.82) is 0 Å². The first-order chi connectivity index (χ1) is 11.1. The highest BCUT2D eigenvalue weighted by atomic mass is 35.5. The van der Waals surface area contributed by atoms with Crippen molar-refractivity contribution < 1.29 is 4.74 Å². The summed E-state index contributed by atoms with van der Waals surface area (Å²) < 4.78 is 7.12. The molecule has 1 aliphatic heterocycles. The zero-order valence-electron chi connectivity index (χ0n) is 13.7. The van der Waals surface area contributed by atoms with E-state index >= 15 is 0 Å². The summed E-state index contributed by atoms with van der Waals surface area (Å²) >= 11 is 6.57. The molecule has 1 fully saturated rings. The largest absolute Gasteiger partial charge is 0.378 e. The van der Waals surface area contributed by atoms with E-state index in [1.165, 1.54) is 5.56 Å². The van der Waals surface area contributed by atoms with Gasteiger partial charge in [-0.25, -0.2) is 4.68 Å². The highest BCUT2D eigenvalue weighted by Gasteiger charge is 2.15. The molecule has 0 bridgehead atoms. The first-order valence-electron chi connectivity index (χ1n) is 7.75. The Morgan fingerprint density at radius 1 is 1.22 bits per heavy atom. The molecule has 0 N–H and O–H groups in total. The van der Waals surface area contributed by atoms with Crippen LogP contribution in [0.1, 0.15) is 22.4 Å². The molecule has 0 atom stereocenters. The van der Waals surface area contributed by atoms with Gasteiger partial charge in [-0.2, -0.15) is 10.2 Å². The van der Waals surface area contributed by atoms with Crippen LogP contribution in [-0.4, -0.2) is 47.3 Å². The lowest BCUT2D eigenvalue weighted by Gasteiger charge is -2.23. The number of aryl methyl sites for hydroxylation is 3. The molecule has 0 spiro atoms. The fourth-order valence-corrected chi connectivity index (χ4v) is 2.89. The minimum Gasteiger partial charge on any atom is -0.378 e. The summed E-state index contributed by atoms with van der Waals surface area (Å²) in [6.07, 6.45) is 1.80. The van der Waals surface area contributed by atoms with Gasteiger partial charge in [0.25, 0.3) is 0 Å². The quantitative estimate of drug-likeness (QED) is 0.811. The second-order valence-electron chi connectivity index (χ2n) is 5.80. The Kier molecular flexibility index (Phi) is 4.68. The van der Waals surface area contributed by atoms with E-state index in [1.807, 2.05) is 11.9 Å². The van der Waals surface area contributed by atoms with Crippen molar-refractivity contribution in [1.82, 2.24) is 14.8 Å². The summed E-state index contributed by atoms with van der Waals surface area (Å²) in [7, 11) is 0. The van der Waals surface area contributed by atoms with Gasteiger partial charge in [0.15, 0.2) is 0 Å². The SMILES string of the molecule is Cc1ccc(C)c(-n2nc(C)c(C=NN3CCOCC3)c2Cl)c1. The van der Waals surface area contributed by atoms with Crippen LogP contribution in [0, 0.1) is 20.8 Å². The first-order valence-corrected chi connectivity index (χ1v) is 8.13. The van der Waals surface area contributed by atoms with E-state index in [-0.39, 0.29) is 0 Å². The summed E-state index contributed by atoms with van der Waals surface area (Å²) in [6, 6.07) is 6.26. The predicted molar refractivity (Wildman–Crippen MR) is 92.8 cm³/mol. The van der Waals surface area contributed by atoms with Crippen LogP contribution in [0.4, 0.5) is 0 Å². The maximum absolute atomic E-state index is 6.57. The van der Waals surface area contributed by atoms with Crippen LogP contribution in [-0.2, 0) is 4.74 Å². The lowest BCUT2D eigenvalue weighted by Crippen LogP contribution is -2.32. The second-order valence-corrected chi connectivity index (χ2v) is 6.16. The molecule has 3 rings (SSSR count). The van der Waals surface area contributed by atoms with Gasteiger partial charge in [0.2, 0.25) is 0 Å². The van der Waals surface area contributed by atoms with E-state index in [0.29, 0.717) is 18.4 Å². The van der Waals surface area contributed by atoms with Gasteiger partial charge in [0.05, 0.1) is 49.5 Å². The number of ether oxygens (including phenoxy) is 1. The molecule has 0 saturated carbocycles. The summed E-state index contributed by atoms with van der Waals surface area (Å²) in [5.41, 5.74) is 5.05. The molecule has 1 aromatic carbocycles. The van der Waals surface area contributed by atoms with Gasteiger partial charge in [-0.1, -0.05) is 23.7 Å². The van der Waals surface area contributed by atoms with Crippen molar-refractivity contribution >= 4 is 17.8 Å². The smallest absolute Gasteiger partial charge is 0.142 e. The highest BCUT2D eigenvalue weighted by molar-refractivity contribution is 6.32. The summed E-state index contributed by atoms with van der Waals surface area (Å²) in [6.45, 7) is 9.11. The van der Waals surface area contributed by atoms with Crippen molar-refractivity contribution in [3.05, 3.63) is 45.7 Å². The van der Waals surface area contributed by atoms with Crippen LogP contribution >= 0.6 is 11.6 Å². The number of aromatic nitrogens is 2. The maximum atomic E-state index is 6.57. The Labute approximate surface area is 141 Å². The fraction of sp³-hybridized carbons (Fsp3) is 0.412. The average Bonchev–Trinajstić information content (AvgIpc) is 2.83. The molecule has 6 heteroatoms. The number of hydrazone groups is 1. The zero-order valence-corrected chi connectivity index (χ0v) is 14.5. The van der Waals surface area contributed by atoms with Gasteiger partial charge in [-0.3, -0.25) is 5.01 Å². The molecular weight excluding hydrogens is 312 g/mol. The van der Waals surface area contributed by atoms with Crippen LogP contribution in [0.2, 0.25) is 5.15 Å². The number of nitrogens with zero attached hydrogens (tertiary/aromatic N) is 4. The molecule has 2 heterocycles. The Morgan fingerprint density at radius 3 is 2.70 bits per heavy atom. The maximum Gasteiger partial charge on any atom is 0.142 e. The van der Waals surface area contributed by atoms with E-state index in [4.69, 9.17) is 16.3 Å². The van der Waals surface area contributed by atoms with E-state index in [9.17, 15) is 0 Å². The van der Waals surface area contributed by atoms with E-state index in [0.717, 1.165) is 35.6 Å². The van der Waals surface area contributed by atoms with Crippen molar-refractivity contribution in [2.24, 2.45) is 5.10 Å². The molecule has 1 aliphatic rings. The molecule has 23 heavy (non-hydrogen) atoms. The number of hydrogen-bond acceptors (Lipinski definition) is 4. The molecule has 122 valence electrons. The van der Waals surface area contributed by atoms with Crippen molar-refractivity contribution in [2.75, 3.05) is 26.3 Å². The van der Waals surface area contributed by atoms with Crippen LogP contribution < -0.4 is 0 Å².